The van der Waals surface area contributed by atoms with Crippen LogP contribution in [-0.4, -0.2) is 22.8 Å². The molecular weight excluding hydrogens is 350 g/mol. The molecule has 144 valence electrons. The molecular formula is C23H25N3O2. The van der Waals surface area contributed by atoms with Crippen molar-refractivity contribution in [3.63, 3.8) is 0 Å². The highest BCUT2D eigenvalue weighted by molar-refractivity contribution is 5.95. The van der Waals surface area contributed by atoms with E-state index in [1.807, 2.05) is 37.4 Å². The van der Waals surface area contributed by atoms with Gasteiger partial charge in [0.05, 0.1) is 30.6 Å². The van der Waals surface area contributed by atoms with Gasteiger partial charge in [0.15, 0.2) is 0 Å². The summed E-state index contributed by atoms with van der Waals surface area (Å²) >= 11 is 0. The highest BCUT2D eigenvalue weighted by Crippen LogP contribution is 2.32. The normalized spacial score (nSPS) is 15.7. The molecule has 0 aliphatic heterocycles. The number of rotatable bonds is 5. The lowest BCUT2D eigenvalue weighted by Crippen LogP contribution is -2.31. The Labute approximate surface area is 165 Å². The summed E-state index contributed by atoms with van der Waals surface area (Å²) < 4.78 is 7.17. The van der Waals surface area contributed by atoms with Gasteiger partial charge in [0.2, 0.25) is 0 Å². The number of fused-ring (bicyclic) bond motifs is 1. The molecule has 0 unspecified atom stereocenters. The lowest BCUT2D eigenvalue weighted by atomic mass is 9.87. The van der Waals surface area contributed by atoms with Crippen LogP contribution in [0.25, 0.3) is 0 Å². The first kappa shape index (κ1) is 18.3. The van der Waals surface area contributed by atoms with Gasteiger partial charge >= 0.3 is 0 Å². The molecule has 1 aliphatic rings. The van der Waals surface area contributed by atoms with E-state index in [2.05, 4.69) is 28.6 Å². The summed E-state index contributed by atoms with van der Waals surface area (Å²) in [4.78, 5) is 13.1. The van der Waals surface area contributed by atoms with Gasteiger partial charge in [-0.1, -0.05) is 36.4 Å². The van der Waals surface area contributed by atoms with E-state index in [0.717, 1.165) is 41.8 Å². The van der Waals surface area contributed by atoms with E-state index in [4.69, 9.17) is 4.74 Å². The minimum absolute atomic E-state index is 0.00358. The Hall–Kier alpha value is -3.08. The van der Waals surface area contributed by atoms with Crippen molar-refractivity contribution in [2.24, 2.45) is 7.05 Å². The Morgan fingerprint density at radius 1 is 1.25 bits per heavy atom. The smallest absolute Gasteiger partial charge is 0.255 e. The lowest BCUT2D eigenvalue weighted by molar-refractivity contribution is 0.0931. The molecule has 0 bridgehead atoms. The van der Waals surface area contributed by atoms with Crippen LogP contribution >= 0.6 is 0 Å². The molecule has 1 heterocycles. The molecule has 0 radical (unpaired) electrons. The monoisotopic (exact) mass is 375 g/mol. The maximum Gasteiger partial charge on any atom is 0.255 e. The number of carbonyl (C=O) groups excluding carboxylic acids is 1. The first-order valence-corrected chi connectivity index (χ1v) is 9.68. The fourth-order valence-corrected chi connectivity index (χ4v) is 3.94. The molecule has 1 N–H and O–H groups in total. The van der Waals surface area contributed by atoms with Crippen LogP contribution in [0, 0.1) is 0 Å². The van der Waals surface area contributed by atoms with Crippen molar-refractivity contribution in [3.05, 3.63) is 82.7 Å². The predicted molar refractivity (Wildman–Crippen MR) is 109 cm³/mol. The number of ether oxygens (including phenoxy) is 1. The Balaban J connectivity index is 1.57. The van der Waals surface area contributed by atoms with Crippen LogP contribution in [0.1, 0.15) is 51.6 Å². The fourth-order valence-electron chi connectivity index (χ4n) is 3.94. The third-order valence-corrected chi connectivity index (χ3v) is 5.49. The van der Waals surface area contributed by atoms with Crippen molar-refractivity contribution >= 4 is 5.91 Å². The van der Waals surface area contributed by atoms with Crippen molar-refractivity contribution in [2.45, 2.75) is 31.7 Å². The van der Waals surface area contributed by atoms with E-state index in [-0.39, 0.29) is 11.9 Å². The minimum Gasteiger partial charge on any atom is -0.497 e. The van der Waals surface area contributed by atoms with Crippen LogP contribution in [-0.2, 0) is 19.9 Å². The van der Waals surface area contributed by atoms with Crippen LogP contribution in [0.4, 0.5) is 0 Å². The zero-order valence-electron chi connectivity index (χ0n) is 16.3. The highest BCUT2D eigenvalue weighted by atomic mass is 16.5. The number of hydrogen-bond donors (Lipinski definition) is 1. The Bertz CT molecular complexity index is 979. The number of hydrogen-bond acceptors (Lipinski definition) is 3. The Kier molecular flexibility index (Phi) is 5.15. The lowest BCUT2D eigenvalue weighted by Gasteiger charge is -2.27. The topological polar surface area (TPSA) is 56.1 Å². The van der Waals surface area contributed by atoms with Gasteiger partial charge in [-0.05, 0) is 48.1 Å². The molecule has 0 fully saturated rings. The second-order valence-electron chi connectivity index (χ2n) is 7.27. The van der Waals surface area contributed by atoms with Gasteiger partial charge in [-0.2, -0.15) is 5.10 Å². The first-order chi connectivity index (χ1) is 13.7. The van der Waals surface area contributed by atoms with Gasteiger partial charge in [-0.25, -0.2) is 0 Å². The Morgan fingerprint density at radius 3 is 2.86 bits per heavy atom. The second kappa shape index (κ2) is 7.89. The van der Waals surface area contributed by atoms with Gasteiger partial charge in [0, 0.05) is 13.5 Å². The zero-order valence-corrected chi connectivity index (χ0v) is 16.3. The van der Waals surface area contributed by atoms with E-state index in [1.54, 1.807) is 18.0 Å². The molecule has 3 aromatic rings. The average molecular weight is 375 g/mol. The Morgan fingerprint density at radius 2 is 2.07 bits per heavy atom. The van der Waals surface area contributed by atoms with Crippen LogP contribution < -0.4 is 10.1 Å². The van der Waals surface area contributed by atoms with Crippen LogP contribution in [0.3, 0.4) is 0 Å². The largest absolute Gasteiger partial charge is 0.497 e. The average Bonchev–Trinajstić information content (AvgIpc) is 3.09. The van der Waals surface area contributed by atoms with E-state index in [0.29, 0.717) is 12.0 Å². The van der Waals surface area contributed by atoms with E-state index >= 15 is 0 Å². The summed E-state index contributed by atoms with van der Waals surface area (Å²) in [5.41, 5.74) is 5.17. The molecule has 4 rings (SSSR count). The quantitative estimate of drug-likeness (QED) is 0.737. The van der Waals surface area contributed by atoms with Crippen molar-refractivity contribution in [3.8, 4) is 5.75 Å². The van der Waals surface area contributed by atoms with E-state index in [9.17, 15) is 4.79 Å². The van der Waals surface area contributed by atoms with E-state index in [1.165, 1.54) is 5.56 Å². The molecule has 0 spiro atoms. The van der Waals surface area contributed by atoms with Gasteiger partial charge in [0.1, 0.15) is 5.75 Å². The summed E-state index contributed by atoms with van der Waals surface area (Å²) in [5.74, 6) is 0.755. The summed E-state index contributed by atoms with van der Waals surface area (Å²) in [5, 5.41) is 7.57. The van der Waals surface area contributed by atoms with Crippen molar-refractivity contribution in [2.75, 3.05) is 7.11 Å². The molecule has 5 nitrogen and oxygen atoms in total. The maximum atomic E-state index is 13.1. The SMILES string of the molecule is COc1ccc2c(c1)[C@@H](NC(=O)c1cnn(C)c1Cc1ccccc1)CCC2. The number of aromatic nitrogens is 2. The van der Waals surface area contributed by atoms with E-state index < -0.39 is 0 Å². The molecule has 0 saturated carbocycles. The minimum atomic E-state index is -0.0697. The third kappa shape index (κ3) is 3.65. The van der Waals surface area contributed by atoms with Gasteiger partial charge in [-0.3, -0.25) is 9.48 Å². The summed E-state index contributed by atoms with van der Waals surface area (Å²) in [6.45, 7) is 0. The molecule has 1 aliphatic carbocycles. The summed E-state index contributed by atoms with van der Waals surface area (Å²) in [7, 11) is 3.56. The molecule has 0 saturated heterocycles. The standard InChI is InChI=1S/C23H25N3O2/c1-26-22(13-16-7-4-3-5-8-16)20(15-24-26)23(27)25-21-10-6-9-17-11-12-18(28-2)14-19(17)21/h3-5,7-8,11-12,14-15,21H,6,9-10,13H2,1-2H3,(H,25,27)/t21-/m0/s1. The number of aryl methyl sites for hydroxylation is 2. The fraction of sp³-hybridized carbons (Fsp3) is 0.304. The zero-order chi connectivity index (χ0) is 19.5. The highest BCUT2D eigenvalue weighted by Gasteiger charge is 2.25. The molecule has 1 aromatic heterocycles. The van der Waals surface area contributed by atoms with Gasteiger partial charge < -0.3 is 10.1 Å². The maximum absolute atomic E-state index is 13.1. The summed E-state index contributed by atoms with van der Waals surface area (Å²) in [6, 6.07) is 16.3. The van der Waals surface area contributed by atoms with Crippen molar-refractivity contribution in [1.82, 2.24) is 15.1 Å². The van der Waals surface area contributed by atoms with Crippen LogP contribution in [0.2, 0.25) is 0 Å². The number of nitrogens with zero attached hydrogens (tertiary/aromatic N) is 2. The number of nitrogens with one attached hydrogen (secondary N) is 1. The van der Waals surface area contributed by atoms with Crippen LogP contribution in [0.5, 0.6) is 5.75 Å². The van der Waals surface area contributed by atoms with Crippen LogP contribution in [0.15, 0.2) is 54.7 Å². The molecule has 1 amide bonds. The second-order valence-corrected chi connectivity index (χ2v) is 7.27. The number of carbonyl (C=O) groups is 1. The first-order valence-electron chi connectivity index (χ1n) is 9.68. The van der Waals surface area contributed by atoms with Gasteiger partial charge in [-0.15, -0.1) is 0 Å². The molecule has 28 heavy (non-hydrogen) atoms. The molecule has 1 atom stereocenters. The predicted octanol–water partition coefficient (Wildman–Crippen LogP) is 3.83. The number of benzene rings is 2. The van der Waals surface area contributed by atoms with Gasteiger partial charge in [0.25, 0.3) is 5.91 Å². The molecule has 2 aromatic carbocycles. The number of methoxy groups -OCH3 is 1. The molecule has 5 heteroatoms. The van der Waals surface area contributed by atoms with Crippen molar-refractivity contribution in [1.29, 1.82) is 0 Å². The van der Waals surface area contributed by atoms with Crippen molar-refractivity contribution < 1.29 is 9.53 Å². The number of amides is 1. The third-order valence-electron chi connectivity index (χ3n) is 5.49. The summed E-state index contributed by atoms with van der Waals surface area (Å²) in [6.07, 6.45) is 5.38.